The van der Waals surface area contributed by atoms with Crippen LogP contribution in [0.4, 0.5) is 10.5 Å². The normalized spacial score (nSPS) is 14.5. The molecule has 2 amide bonds. The van der Waals surface area contributed by atoms with E-state index in [2.05, 4.69) is 25.9 Å². The molecule has 3 N–H and O–H groups in total. The number of methoxy groups -OCH3 is 2. The molecule has 174 valence electrons. The van der Waals surface area contributed by atoms with E-state index in [1.807, 2.05) is 50.2 Å². The summed E-state index contributed by atoms with van der Waals surface area (Å²) in [5.41, 5.74) is 2.13. The summed E-state index contributed by atoms with van der Waals surface area (Å²) >= 11 is 0. The van der Waals surface area contributed by atoms with Crippen LogP contribution in [0.2, 0.25) is 0 Å². The average Bonchev–Trinajstić information content (AvgIpc) is 2.77. The molecule has 2 heterocycles. The summed E-state index contributed by atoms with van der Waals surface area (Å²) in [7, 11) is 3.17. The van der Waals surface area contributed by atoms with Gasteiger partial charge >= 0.3 is 6.03 Å². The summed E-state index contributed by atoms with van der Waals surface area (Å²) in [5.74, 6) is 2.13. The van der Waals surface area contributed by atoms with Gasteiger partial charge in [0, 0.05) is 36.1 Å². The third-order valence-corrected chi connectivity index (χ3v) is 5.52. The minimum atomic E-state index is -0.309. The molecule has 1 saturated heterocycles. The first-order valence-electron chi connectivity index (χ1n) is 10.9. The molecular formula is C24H29N5O4. The van der Waals surface area contributed by atoms with Gasteiger partial charge in [-0.15, -0.1) is 0 Å². The van der Waals surface area contributed by atoms with Crippen LogP contribution >= 0.6 is 0 Å². The van der Waals surface area contributed by atoms with Gasteiger partial charge in [0.1, 0.15) is 12.1 Å². The van der Waals surface area contributed by atoms with Gasteiger partial charge in [-0.2, -0.15) is 0 Å². The lowest BCUT2D eigenvalue weighted by molar-refractivity contribution is 0.227. The fourth-order valence-corrected chi connectivity index (χ4v) is 3.80. The van der Waals surface area contributed by atoms with Crippen LogP contribution in [-0.2, 0) is 0 Å². The summed E-state index contributed by atoms with van der Waals surface area (Å²) in [6.45, 7) is 5.51. The molecule has 33 heavy (non-hydrogen) atoms. The third-order valence-electron chi connectivity index (χ3n) is 5.52. The lowest BCUT2D eigenvalue weighted by Crippen LogP contribution is -2.51. The highest BCUT2D eigenvalue weighted by Crippen LogP contribution is 2.35. The molecule has 1 aliphatic rings. The minimum Gasteiger partial charge on any atom is -0.493 e. The average molecular weight is 452 g/mol. The molecule has 0 spiro atoms. The van der Waals surface area contributed by atoms with E-state index in [9.17, 15) is 4.79 Å². The predicted octanol–water partition coefficient (Wildman–Crippen LogP) is 3.52. The largest absolute Gasteiger partial charge is 0.493 e. The molecule has 1 aliphatic heterocycles. The van der Waals surface area contributed by atoms with E-state index in [-0.39, 0.29) is 24.1 Å². The number of aromatic nitrogens is 2. The molecule has 0 bridgehead atoms. The molecule has 9 heteroatoms. The first kappa shape index (κ1) is 22.6. The molecule has 1 unspecified atom stereocenters. The fourth-order valence-electron chi connectivity index (χ4n) is 3.80. The van der Waals surface area contributed by atoms with Crippen LogP contribution in [0.5, 0.6) is 17.2 Å². The van der Waals surface area contributed by atoms with Crippen molar-refractivity contribution in [1.29, 1.82) is 0 Å². The number of carbonyl (C=O) groups excluding carboxylic acids is 1. The Hall–Kier alpha value is -3.59. The highest BCUT2D eigenvalue weighted by molar-refractivity contribution is 5.90. The lowest BCUT2D eigenvalue weighted by atomic mass is 9.89. The van der Waals surface area contributed by atoms with Gasteiger partial charge in [-0.05, 0) is 44.2 Å². The number of amides is 2. The first-order valence-corrected chi connectivity index (χ1v) is 10.9. The summed E-state index contributed by atoms with van der Waals surface area (Å²) in [6, 6.07) is 10.4. The van der Waals surface area contributed by atoms with Gasteiger partial charge < -0.3 is 30.2 Å². The maximum Gasteiger partial charge on any atom is 0.319 e. The molecule has 3 aromatic rings. The standard InChI is InChI=1S/C24H29N5O4/c1-14(2)33-17-7-5-16(6-8-17)28-24(30)29-22(15-11-25-12-15)23-18-9-20(31-3)21(32-4)10-19(18)26-13-27-23/h5-10,13-15,22,25H,11-12H2,1-4H3,(H2,28,29,30). The number of rotatable bonds is 8. The Kier molecular flexibility index (Phi) is 6.79. The molecule has 0 saturated carbocycles. The van der Waals surface area contributed by atoms with E-state index in [1.54, 1.807) is 14.2 Å². The van der Waals surface area contributed by atoms with E-state index in [4.69, 9.17) is 14.2 Å². The fraction of sp³-hybridized carbons (Fsp3) is 0.375. The number of nitrogens with zero attached hydrogens (tertiary/aromatic N) is 2. The Morgan fingerprint density at radius 1 is 1.06 bits per heavy atom. The number of benzene rings is 2. The minimum absolute atomic E-state index is 0.0882. The van der Waals surface area contributed by atoms with Crippen molar-refractivity contribution in [3.63, 3.8) is 0 Å². The number of ether oxygens (including phenoxy) is 3. The summed E-state index contributed by atoms with van der Waals surface area (Å²) in [5, 5.41) is 10.1. The molecule has 1 fully saturated rings. The second-order valence-electron chi connectivity index (χ2n) is 8.17. The van der Waals surface area contributed by atoms with Crippen molar-refractivity contribution < 1.29 is 19.0 Å². The number of hydrogen-bond acceptors (Lipinski definition) is 7. The number of nitrogens with one attached hydrogen (secondary N) is 3. The van der Waals surface area contributed by atoms with Crippen LogP contribution < -0.4 is 30.2 Å². The van der Waals surface area contributed by atoms with Crippen molar-refractivity contribution in [1.82, 2.24) is 20.6 Å². The van der Waals surface area contributed by atoms with Crippen LogP contribution in [0.1, 0.15) is 25.6 Å². The Labute approximate surface area is 192 Å². The molecule has 0 radical (unpaired) electrons. The number of fused-ring (bicyclic) bond motifs is 1. The van der Waals surface area contributed by atoms with Crippen molar-refractivity contribution in [3.8, 4) is 17.2 Å². The maximum absolute atomic E-state index is 12.9. The SMILES string of the molecule is COc1cc2ncnc(C(NC(=O)Nc3ccc(OC(C)C)cc3)C3CNC3)c2cc1OC. The second-order valence-corrected chi connectivity index (χ2v) is 8.17. The lowest BCUT2D eigenvalue weighted by Gasteiger charge is -2.35. The Morgan fingerprint density at radius 2 is 1.76 bits per heavy atom. The summed E-state index contributed by atoms with van der Waals surface area (Å²) in [4.78, 5) is 21.8. The zero-order valence-electron chi connectivity index (χ0n) is 19.2. The molecule has 9 nitrogen and oxygen atoms in total. The van der Waals surface area contributed by atoms with Crippen LogP contribution in [0.25, 0.3) is 10.9 Å². The number of anilines is 1. The van der Waals surface area contributed by atoms with Crippen molar-refractivity contribution in [2.45, 2.75) is 26.0 Å². The smallest absolute Gasteiger partial charge is 0.319 e. The van der Waals surface area contributed by atoms with Crippen LogP contribution in [0.3, 0.4) is 0 Å². The highest BCUT2D eigenvalue weighted by atomic mass is 16.5. The Balaban J connectivity index is 1.58. The monoisotopic (exact) mass is 451 g/mol. The first-order chi connectivity index (χ1) is 16.0. The van der Waals surface area contributed by atoms with Crippen LogP contribution in [0, 0.1) is 5.92 Å². The van der Waals surface area contributed by atoms with Gasteiger partial charge in [-0.3, -0.25) is 0 Å². The Bertz CT molecular complexity index is 1120. The molecule has 1 atom stereocenters. The van der Waals surface area contributed by atoms with Gasteiger partial charge in [0.2, 0.25) is 0 Å². The van der Waals surface area contributed by atoms with Crippen molar-refractivity contribution in [3.05, 3.63) is 48.4 Å². The van der Waals surface area contributed by atoms with Gasteiger partial charge in [0.15, 0.2) is 11.5 Å². The third kappa shape index (κ3) is 5.09. The van der Waals surface area contributed by atoms with Crippen molar-refractivity contribution >= 4 is 22.6 Å². The number of hydrogen-bond donors (Lipinski definition) is 3. The Morgan fingerprint density at radius 3 is 2.36 bits per heavy atom. The highest BCUT2D eigenvalue weighted by Gasteiger charge is 2.32. The topological polar surface area (TPSA) is 107 Å². The van der Waals surface area contributed by atoms with Crippen LogP contribution in [-0.4, -0.2) is 49.4 Å². The van der Waals surface area contributed by atoms with Gasteiger partial charge in [0.05, 0.1) is 37.6 Å². The van der Waals surface area contributed by atoms with Crippen molar-refractivity contribution in [2.24, 2.45) is 5.92 Å². The zero-order valence-corrected chi connectivity index (χ0v) is 19.2. The van der Waals surface area contributed by atoms with E-state index in [0.29, 0.717) is 17.2 Å². The van der Waals surface area contributed by atoms with Gasteiger partial charge in [-0.1, -0.05) is 0 Å². The van der Waals surface area contributed by atoms with Crippen molar-refractivity contribution in [2.75, 3.05) is 32.6 Å². The van der Waals surface area contributed by atoms with E-state index in [1.165, 1.54) is 6.33 Å². The molecule has 1 aromatic heterocycles. The van der Waals surface area contributed by atoms with E-state index >= 15 is 0 Å². The number of carbonyl (C=O) groups is 1. The summed E-state index contributed by atoms with van der Waals surface area (Å²) in [6.07, 6.45) is 1.60. The predicted molar refractivity (Wildman–Crippen MR) is 126 cm³/mol. The quantitative estimate of drug-likeness (QED) is 0.481. The van der Waals surface area contributed by atoms with Crippen LogP contribution in [0.15, 0.2) is 42.7 Å². The molecule has 2 aromatic carbocycles. The maximum atomic E-state index is 12.9. The molecular weight excluding hydrogens is 422 g/mol. The van der Waals surface area contributed by atoms with Gasteiger partial charge in [-0.25, -0.2) is 14.8 Å². The molecule has 0 aliphatic carbocycles. The van der Waals surface area contributed by atoms with Gasteiger partial charge in [0.25, 0.3) is 0 Å². The number of urea groups is 1. The second kappa shape index (κ2) is 9.91. The van der Waals surface area contributed by atoms with E-state index < -0.39 is 0 Å². The summed E-state index contributed by atoms with van der Waals surface area (Å²) < 4.78 is 16.5. The molecule has 4 rings (SSSR count). The van der Waals surface area contributed by atoms with E-state index in [0.717, 1.165) is 35.4 Å². The zero-order chi connectivity index (χ0) is 23.4.